The molecule has 1 heterocycles. The van der Waals surface area contributed by atoms with Crippen LogP contribution in [0.1, 0.15) is 18.6 Å². The maximum absolute atomic E-state index is 11.0. The zero-order valence-corrected chi connectivity index (χ0v) is 8.95. The van der Waals surface area contributed by atoms with Crippen LogP contribution in [0, 0.1) is 0 Å². The number of rotatable bonds is 4. The minimum atomic E-state index is -0.970. The molecule has 1 saturated carbocycles. The van der Waals surface area contributed by atoms with E-state index in [9.17, 15) is 4.79 Å². The van der Waals surface area contributed by atoms with Crippen LogP contribution in [0.15, 0.2) is 16.5 Å². The predicted molar refractivity (Wildman–Crippen MR) is 53.1 cm³/mol. The highest BCUT2D eigenvalue weighted by Gasteiger charge is 2.57. The number of hydrogen-bond acceptors (Lipinski definition) is 3. The molecule has 1 unspecified atom stereocenters. The van der Waals surface area contributed by atoms with E-state index in [4.69, 9.17) is 25.9 Å². The molecule has 0 radical (unpaired) electrons. The summed E-state index contributed by atoms with van der Waals surface area (Å²) in [5.41, 5.74) is -0.520. The topological polar surface area (TPSA) is 59.7 Å². The molecule has 0 bridgehead atoms. The van der Waals surface area contributed by atoms with Crippen LogP contribution in [-0.2, 0) is 14.9 Å². The van der Waals surface area contributed by atoms with Gasteiger partial charge in [-0.25, -0.2) is 4.79 Å². The van der Waals surface area contributed by atoms with Crippen LogP contribution in [-0.4, -0.2) is 24.3 Å². The predicted octanol–water partition coefficient (Wildman–Crippen LogP) is 2.06. The van der Waals surface area contributed by atoms with Gasteiger partial charge in [0.1, 0.15) is 5.76 Å². The van der Waals surface area contributed by atoms with Crippen LogP contribution < -0.4 is 0 Å². The van der Waals surface area contributed by atoms with E-state index in [0.717, 1.165) is 12.8 Å². The summed E-state index contributed by atoms with van der Waals surface area (Å²) < 4.78 is 10.3. The van der Waals surface area contributed by atoms with Crippen LogP contribution in [0.3, 0.4) is 0 Å². The fourth-order valence-corrected chi connectivity index (χ4v) is 2.06. The Bertz CT molecular complexity index is 381. The number of carboxylic acids is 1. The minimum absolute atomic E-state index is 0.275. The number of carbonyl (C=O) groups is 1. The van der Waals surface area contributed by atoms with Gasteiger partial charge in [-0.15, -0.1) is 0 Å². The van der Waals surface area contributed by atoms with Crippen molar-refractivity contribution in [3.63, 3.8) is 0 Å². The fourth-order valence-electron chi connectivity index (χ4n) is 1.92. The summed E-state index contributed by atoms with van der Waals surface area (Å²) >= 11 is 5.67. The third-order valence-corrected chi connectivity index (χ3v) is 3.02. The molecule has 15 heavy (non-hydrogen) atoms. The zero-order valence-electron chi connectivity index (χ0n) is 8.20. The second-order valence-electron chi connectivity index (χ2n) is 3.71. The highest BCUT2D eigenvalue weighted by Crippen LogP contribution is 2.52. The second-order valence-corrected chi connectivity index (χ2v) is 4.09. The summed E-state index contributed by atoms with van der Waals surface area (Å²) in [6.45, 7) is 0. The lowest BCUT2D eigenvalue weighted by Gasteiger charge is -2.19. The van der Waals surface area contributed by atoms with Crippen molar-refractivity contribution in [1.29, 1.82) is 0 Å². The Hall–Kier alpha value is -1.00. The third kappa shape index (κ3) is 1.64. The Morgan fingerprint density at radius 2 is 2.33 bits per heavy atom. The molecule has 1 N–H and O–H groups in total. The zero-order chi connectivity index (χ0) is 11.1. The number of hydrogen-bond donors (Lipinski definition) is 1. The summed E-state index contributed by atoms with van der Waals surface area (Å²) in [7, 11) is 1.39. The number of ether oxygens (including phenoxy) is 1. The Balaban J connectivity index is 2.30. The van der Waals surface area contributed by atoms with Crippen molar-refractivity contribution in [2.24, 2.45) is 0 Å². The van der Waals surface area contributed by atoms with E-state index in [-0.39, 0.29) is 5.22 Å². The molecular weight excluding hydrogens is 220 g/mol. The molecular formula is C10H11ClO4. The van der Waals surface area contributed by atoms with Gasteiger partial charge in [0.25, 0.3) is 0 Å². The average Bonchev–Trinajstić information content (AvgIpc) is 2.83. The molecule has 1 fully saturated rings. The van der Waals surface area contributed by atoms with E-state index in [1.54, 1.807) is 12.1 Å². The molecule has 0 spiro atoms. The standard InChI is InChI=1S/C10H11ClO4/c1-14-8(9(12)13)10(4-5-10)6-2-3-7(11)15-6/h2-3,8H,4-5H2,1H3,(H,12,13). The van der Waals surface area contributed by atoms with Crippen molar-refractivity contribution >= 4 is 17.6 Å². The molecule has 4 nitrogen and oxygen atoms in total. The SMILES string of the molecule is COC(C(=O)O)C1(c2ccc(Cl)o2)CC1. The maximum Gasteiger partial charge on any atom is 0.333 e. The fraction of sp³-hybridized carbons (Fsp3) is 0.500. The van der Waals surface area contributed by atoms with Crippen molar-refractivity contribution in [3.05, 3.63) is 23.1 Å². The van der Waals surface area contributed by atoms with E-state index >= 15 is 0 Å². The first-order chi connectivity index (χ1) is 7.10. The van der Waals surface area contributed by atoms with Gasteiger partial charge in [-0.3, -0.25) is 0 Å². The molecule has 2 rings (SSSR count). The molecule has 82 valence electrons. The van der Waals surface area contributed by atoms with Crippen LogP contribution >= 0.6 is 11.6 Å². The van der Waals surface area contributed by atoms with Crippen molar-refractivity contribution < 1.29 is 19.1 Å². The van der Waals surface area contributed by atoms with Crippen LogP contribution in [0.4, 0.5) is 0 Å². The van der Waals surface area contributed by atoms with E-state index in [1.165, 1.54) is 7.11 Å². The Kier molecular flexibility index (Phi) is 2.48. The normalized spacial score (nSPS) is 19.9. The van der Waals surface area contributed by atoms with E-state index in [0.29, 0.717) is 5.76 Å². The summed E-state index contributed by atoms with van der Waals surface area (Å²) in [5, 5.41) is 9.29. The van der Waals surface area contributed by atoms with Crippen molar-refractivity contribution in [2.45, 2.75) is 24.4 Å². The summed E-state index contributed by atoms with van der Waals surface area (Å²) in [4.78, 5) is 11.0. The first-order valence-electron chi connectivity index (χ1n) is 4.61. The second kappa shape index (κ2) is 3.54. The monoisotopic (exact) mass is 230 g/mol. The lowest BCUT2D eigenvalue weighted by molar-refractivity contribution is -0.151. The van der Waals surface area contributed by atoms with Gasteiger partial charge in [0.15, 0.2) is 11.3 Å². The smallest absolute Gasteiger partial charge is 0.333 e. The lowest BCUT2D eigenvalue weighted by Crippen LogP contribution is -2.35. The molecule has 0 aromatic carbocycles. The van der Waals surface area contributed by atoms with Gasteiger partial charge in [-0.1, -0.05) is 0 Å². The van der Waals surface area contributed by atoms with Crippen LogP contribution in [0.5, 0.6) is 0 Å². The largest absolute Gasteiger partial charge is 0.479 e. The van der Waals surface area contributed by atoms with Gasteiger partial charge in [0, 0.05) is 7.11 Å². The van der Waals surface area contributed by atoms with Crippen molar-refractivity contribution in [1.82, 2.24) is 0 Å². The summed E-state index contributed by atoms with van der Waals surface area (Å²) in [5.74, 6) is -0.371. The van der Waals surface area contributed by atoms with E-state index in [2.05, 4.69) is 0 Å². The van der Waals surface area contributed by atoms with Gasteiger partial charge < -0.3 is 14.3 Å². The Labute approximate surface area is 91.8 Å². The molecule has 0 saturated heterocycles. The van der Waals surface area contributed by atoms with Gasteiger partial charge in [0.2, 0.25) is 0 Å². The van der Waals surface area contributed by atoms with E-state index < -0.39 is 17.5 Å². The molecule has 0 aliphatic heterocycles. The highest BCUT2D eigenvalue weighted by molar-refractivity contribution is 6.28. The number of carboxylic acid groups (broad SMARTS) is 1. The average molecular weight is 231 g/mol. The number of halogens is 1. The molecule has 1 aliphatic carbocycles. The number of furan rings is 1. The van der Waals surface area contributed by atoms with Crippen molar-refractivity contribution in [2.75, 3.05) is 7.11 Å². The third-order valence-electron chi connectivity index (χ3n) is 2.81. The molecule has 1 aromatic heterocycles. The maximum atomic E-state index is 11.0. The van der Waals surface area contributed by atoms with Crippen LogP contribution in [0.2, 0.25) is 5.22 Å². The number of methoxy groups -OCH3 is 1. The quantitative estimate of drug-likeness (QED) is 0.860. The van der Waals surface area contributed by atoms with Gasteiger partial charge in [-0.05, 0) is 36.6 Å². The minimum Gasteiger partial charge on any atom is -0.479 e. The Morgan fingerprint density at radius 1 is 1.67 bits per heavy atom. The van der Waals surface area contributed by atoms with Gasteiger partial charge >= 0.3 is 5.97 Å². The molecule has 1 aliphatic rings. The van der Waals surface area contributed by atoms with Crippen molar-refractivity contribution in [3.8, 4) is 0 Å². The summed E-state index contributed by atoms with van der Waals surface area (Å²) in [6.07, 6.45) is 0.642. The molecule has 1 atom stereocenters. The van der Waals surface area contributed by atoms with Crippen LogP contribution in [0.25, 0.3) is 0 Å². The van der Waals surface area contributed by atoms with Gasteiger partial charge in [0.05, 0.1) is 5.41 Å². The molecule has 0 amide bonds. The van der Waals surface area contributed by atoms with E-state index in [1.807, 2.05) is 0 Å². The first kappa shape index (κ1) is 10.5. The Morgan fingerprint density at radius 3 is 2.67 bits per heavy atom. The first-order valence-corrected chi connectivity index (χ1v) is 4.99. The highest BCUT2D eigenvalue weighted by atomic mass is 35.5. The molecule has 5 heteroatoms. The van der Waals surface area contributed by atoms with Gasteiger partial charge in [-0.2, -0.15) is 0 Å². The summed E-state index contributed by atoms with van der Waals surface area (Å²) in [6, 6.07) is 3.33. The number of aliphatic carboxylic acids is 1. The lowest BCUT2D eigenvalue weighted by atomic mass is 9.96. The molecule has 1 aromatic rings.